The van der Waals surface area contributed by atoms with Crippen LogP contribution in [0.3, 0.4) is 0 Å². The summed E-state index contributed by atoms with van der Waals surface area (Å²) in [6, 6.07) is 12.3. The Hall–Kier alpha value is -2.58. The average molecular weight is 447 g/mol. The first-order valence-electron chi connectivity index (χ1n) is 10.4. The van der Waals surface area contributed by atoms with E-state index in [0.29, 0.717) is 31.7 Å². The van der Waals surface area contributed by atoms with Crippen LogP contribution in [0.4, 0.5) is 0 Å². The van der Waals surface area contributed by atoms with Gasteiger partial charge in [-0.3, -0.25) is 4.79 Å². The van der Waals surface area contributed by atoms with Gasteiger partial charge in [-0.2, -0.15) is 4.31 Å². The van der Waals surface area contributed by atoms with Crippen molar-refractivity contribution < 1.29 is 22.7 Å². The van der Waals surface area contributed by atoms with Gasteiger partial charge in [-0.25, -0.2) is 8.42 Å². The maximum absolute atomic E-state index is 13.0. The minimum atomic E-state index is -3.60. The summed E-state index contributed by atoms with van der Waals surface area (Å²) < 4.78 is 37.9. The van der Waals surface area contributed by atoms with E-state index in [1.54, 1.807) is 32.4 Å². The van der Waals surface area contributed by atoms with Gasteiger partial charge in [0.15, 0.2) is 0 Å². The van der Waals surface area contributed by atoms with E-state index in [4.69, 9.17) is 9.47 Å². The first-order chi connectivity index (χ1) is 14.8. The highest BCUT2D eigenvalue weighted by Crippen LogP contribution is 2.28. The summed E-state index contributed by atoms with van der Waals surface area (Å²) in [5.41, 5.74) is 1.76. The van der Waals surface area contributed by atoms with Crippen LogP contribution in [0.2, 0.25) is 0 Å². The summed E-state index contributed by atoms with van der Waals surface area (Å²) in [6.07, 6.45) is 0.991. The molecule has 1 amide bonds. The third kappa shape index (κ3) is 5.19. The van der Waals surface area contributed by atoms with Gasteiger partial charge in [0, 0.05) is 19.0 Å². The maximum atomic E-state index is 13.0. The van der Waals surface area contributed by atoms with Crippen molar-refractivity contribution in [2.75, 3.05) is 27.3 Å². The van der Waals surface area contributed by atoms with Gasteiger partial charge < -0.3 is 14.8 Å². The lowest BCUT2D eigenvalue weighted by atomic mass is 9.96. The van der Waals surface area contributed by atoms with Gasteiger partial charge in [0.25, 0.3) is 0 Å². The molecule has 0 unspecified atom stereocenters. The van der Waals surface area contributed by atoms with Gasteiger partial charge in [0.05, 0.1) is 25.2 Å². The Bertz CT molecular complexity index is 1010. The summed E-state index contributed by atoms with van der Waals surface area (Å²) >= 11 is 0. The summed E-state index contributed by atoms with van der Waals surface area (Å²) in [4.78, 5) is 13.0. The Labute approximate surface area is 184 Å². The molecule has 2 aromatic carbocycles. The number of carbonyl (C=O) groups excluding carboxylic acids is 1. The quantitative estimate of drug-likeness (QED) is 0.706. The number of hydrogen-bond acceptors (Lipinski definition) is 5. The van der Waals surface area contributed by atoms with Crippen molar-refractivity contribution >= 4 is 15.9 Å². The molecule has 3 rings (SSSR count). The number of rotatable bonds is 7. The lowest BCUT2D eigenvalue weighted by Gasteiger charge is -2.31. The molecule has 0 bridgehead atoms. The number of hydrogen-bond donors (Lipinski definition) is 1. The molecule has 1 aliphatic rings. The van der Waals surface area contributed by atoms with E-state index >= 15 is 0 Å². The Morgan fingerprint density at radius 1 is 1.06 bits per heavy atom. The number of methoxy groups -OCH3 is 2. The molecule has 1 N–H and O–H groups in total. The second kappa shape index (κ2) is 9.70. The van der Waals surface area contributed by atoms with E-state index in [-0.39, 0.29) is 22.8 Å². The Morgan fingerprint density at radius 2 is 1.71 bits per heavy atom. The lowest BCUT2D eigenvalue weighted by Crippen LogP contribution is -2.43. The number of benzene rings is 2. The zero-order valence-corrected chi connectivity index (χ0v) is 19.2. The molecule has 0 aliphatic carbocycles. The minimum absolute atomic E-state index is 0.0411. The Kier molecular flexibility index (Phi) is 7.23. The van der Waals surface area contributed by atoms with Gasteiger partial charge in [-0.1, -0.05) is 12.1 Å². The Balaban J connectivity index is 1.59. The van der Waals surface area contributed by atoms with Crippen molar-refractivity contribution in [2.45, 2.75) is 37.6 Å². The molecule has 0 spiro atoms. The van der Waals surface area contributed by atoms with Gasteiger partial charge in [-0.05, 0) is 68.1 Å². The Morgan fingerprint density at radius 3 is 2.26 bits per heavy atom. The average Bonchev–Trinajstić information content (AvgIpc) is 2.79. The first-order valence-corrected chi connectivity index (χ1v) is 11.8. The predicted octanol–water partition coefficient (Wildman–Crippen LogP) is 3.29. The minimum Gasteiger partial charge on any atom is -0.497 e. The maximum Gasteiger partial charge on any atom is 0.243 e. The predicted molar refractivity (Wildman–Crippen MR) is 119 cm³/mol. The van der Waals surface area contributed by atoms with Crippen LogP contribution in [0.1, 0.15) is 36.9 Å². The highest BCUT2D eigenvalue weighted by atomic mass is 32.2. The number of aryl methyl sites for hydroxylation is 1. The van der Waals surface area contributed by atoms with E-state index in [2.05, 4.69) is 5.32 Å². The van der Waals surface area contributed by atoms with Crippen molar-refractivity contribution in [3.8, 4) is 11.5 Å². The van der Waals surface area contributed by atoms with Crippen LogP contribution in [-0.4, -0.2) is 45.9 Å². The molecule has 1 saturated heterocycles. The smallest absolute Gasteiger partial charge is 0.243 e. The first kappa shape index (κ1) is 23.1. The molecular weight excluding hydrogens is 416 g/mol. The van der Waals surface area contributed by atoms with Crippen LogP contribution in [0.25, 0.3) is 0 Å². The number of carbonyl (C=O) groups is 1. The molecule has 1 aliphatic heterocycles. The third-order valence-corrected chi connectivity index (χ3v) is 7.70. The molecular formula is C23H30N2O5S. The monoisotopic (exact) mass is 446 g/mol. The van der Waals surface area contributed by atoms with Gasteiger partial charge in [0.2, 0.25) is 15.9 Å². The highest BCUT2D eigenvalue weighted by Gasteiger charge is 2.32. The number of nitrogens with one attached hydrogen (secondary N) is 1. The van der Waals surface area contributed by atoms with Gasteiger partial charge >= 0.3 is 0 Å². The van der Waals surface area contributed by atoms with Crippen molar-refractivity contribution in [3.05, 3.63) is 53.6 Å². The summed E-state index contributed by atoms with van der Waals surface area (Å²) in [5, 5.41) is 3.05. The fraction of sp³-hybridized carbons (Fsp3) is 0.435. The van der Waals surface area contributed by atoms with Crippen molar-refractivity contribution in [1.29, 1.82) is 0 Å². The topological polar surface area (TPSA) is 84.9 Å². The second-order valence-electron chi connectivity index (χ2n) is 7.81. The van der Waals surface area contributed by atoms with Crippen LogP contribution in [-0.2, 0) is 14.8 Å². The van der Waals surface area contributed by atoms with Crippen molar-refractivity contribution in [3.63, 3.8) is 0 Å². The van der Waals surface area contributed by atoms with Crippen molar-refractivity contribution in [2.24, 2.45) is 5.92 Å². The zero-order chi connectivity index (χ0) is 22.6. The normalized spacial score (nSPS) is 16.5. The van der Waals surface area contributed by atoms with Crippen LogP contribution < -0.4 is 14.8 Å². The molecule has 0 saturated carbocycles. The van der Waals surface area contributed by atoms with Crippen LogP contribution in [0, 0.1) is 12.8 Å². The fourth-order valence-corrected chi connectivity index (χ4v) is 5.38. The zero-order valence-electron chi connectivity index (χ0n) is 18.4. The molecule has 0 aromatic heterocycles. The molecule has 168 valence electrons. The molecule has 7 nitrogen and oxygen atoms in total. The van der Waals surface area contributed by atoms with E-state index in [0.717, 1.165) is 16.9 Å². The molecule has 0 radical (unpaired) electrons. The van der Waals surface area contributed by atoms with E-state index in [1.807, 2.05) is 38.1 Å². The highest BCUT2D eigenvalue weighted by molar-refractivity contribution is 7.89. The molecule has 2 aromatic rings. The largest absolute Gasteiger partial charge is 0.497 e. The van der Waals surface area contributed by atoms with E-state index < -0.39 is 10.0 Å². The van der Waals surface area contributed by atoms with Gasteiger partial charge in [-0.15, -0.1) is 0 Å². The number of amides is 1. The standard InChI is InChI=1S/C23H30N2O5S/c1-16-15-21(9-10-22(16)30-4)31(27,28)25-13-11-19(12-14-25)23(26)24-17(2)18-5-7-20(29-3)8-6-18/h5-10,15,17,19H,11-14H2,1-4H3,(H,24,26)/t17-/m1/s1. The third-order valence-electron chi connectivity index (χ3n) is 5.80. The van der Waals surface area contributed by atoms with E-state index in [9.17, 15) is 13.2 Å². The molecule has 1 heterocycles. The summed E-state index contributed by atoms with van der Waals surface area (Å²) in [7, 11) is -0.426. The number of ether oxygens (including phenoxy) is 2. The number of piperidine rings is 1. The SMILES string of the molecule is COc1ccc([C@@H](C)NC(=O)C2CCN(S(=O)(=O)c3ccc(OC)c(C)c3)CC2)cc1. The summed E-state index contributed by atoms with van der Waals surface area (Å²) in [6.45, 7) is 4.40. The van der Waals surface area contributed by atoms with Crippen LogP contribution >= 0.6 is 0 Å². The van der Waals surface area contributed by atoms with Crippen LogP contribution in [0.15, 0.2) is 47.4 Å². The number of sulfonamides is 1. The summed E-state index contributed by atoms with van der Waals surface area (Å²) in [5.74, 6) is 1.17. The van der Waals surface area contributed by atoms with E-state index in [1.165, 1.54) is 4.31 Å². The number of nitrogens with zero attached hydrogens (tertiary/aromatic N) is 1. The van der Waals surface area contributed by atoms with Crippen LogP contribution in [0.5, 0.6) is 11.5 Å². The molecule has 8 heteroatoms. The molecule has 1 fully saturated rings. The lowest BCUT2D eigenvalue weighted by molar-refractivity contribution is -0.126. The van der Waals surface area contributed by atoms with Crippen molar-refractivity contribution in [1.82, 2.24) is 9.62 Å². The van der Waals surface area contributed by atoms with Gasteiger partial charge in [0.1, 0.15) is 11.5 Å². The second-order valence-corrected chi connectivity index (χ2v) is 9.75. The fourth-order valence-electron chi connectivity index (χ4n) is 3.83. The molecule has 1 atom stereocenters. The molecule has 31 heavy (non-hydrogen) atoms.